The second-order valence-corrected chi connectivity index (χ2v) is 4.64. The van der Waals surface area contributed by atoms with Crippen LogP contribution < -0.4 is 10.1 Å². The number of methoxy groups -OCH3 is 1. The number of ether oxygens (including phenoxy) is 2. The van der Waals surface area contributed by atoms with Crippen molar-refractivity contribution in [2.45, 2.75) is 5.54 Å². The van der Waals surface area contributed by atoms with Crippen LogP contribution >= 0.6 is 0 Å². The molecule has 0 bridgehead atoms. The highest BCUT2D eigenvalue weighted by molar-refractivity contribution is 5.44. The van der Waals surface area contributed by atoms with Crippen molar-refractivity contribution in [1.82, 2.24) is 4.98 Å². The van der Waals surface area contributed by atoms with E-state index in [9.17, 15) is 0 Å². The maximum Gasteiger partial charge on any atom is 0.126 e. The first-order valence-electron chi connectivity index (χ1n) is 6.24. The van der Waals surface area contributed by atoms with Gasteiger partial charge in [-0.25, -0.2) is 4.98 Å². The summed E-state index contributed by atoms with van der Waals surface area (Å²) in [6, 6.07) is 13.9. The van der Waals surface area contributed by atoms with E-state index in [4.69, 9.17) is 9.47 Å². The lowest BCUT2D eigenvalue weighted by atomic mass is 9.88. The number of nitrogens with one attached hydrogen (secondary N) is 1. The molecule has 0 aliphatic carbocycles. The van der Waals surface area contributed by atoms with Crippen molar-refractivity contribution < 1.29 is 9.47 Å². The maximum absolute atomic E-state index is 5.40. The highest BCUT2D eigenvalue weighted by Crippen LogP contribution is 2.33. The molecule has 2 heterocycles. The number of anilines is 1. The zero-order valence-corrected chi connectivity index (χ0v) is 10.8. The van der Waals surface area contributed by atoms with E-state index < -0.39 is 0 Å². The van der Waals surface area contributed by atoms with Gasteiger partial charge in [-0.05, 0) is 29.8 Å². The van der Waals surface area contributed by atoms with Crippen molar-refractivity contribution in [3.8, 4) is 5.75 Å². The SMILES string of the molecule is COc1ccc(C2(Nc3ccccn3)COC2)cc1. The number of hydrogen-bond donors (Lipinski definition) is 1. The zero-order valence-electron chi connectivity index (χ0n) is 10.8. The van der Waals surface area contributed by atoms with E-state index in [1.807, 2.05) is 30.3 Å². The van der Waals surface area contributed by atoms with E-state index in [0.29, 0.717) is 13.2 Å². The van der Waals surface area contributed by atoms with Crippen LogP contribution in [-0.2, 0) is 10.3 Å². The Bertz CT molecular complexity index is 536. The Balaban J connectivity index is 1.86. The lowest BCUT2D eigenvalue weighted by Gasteiger charge is -2.43. The van der Waals surface area contributed by atoms with E-state index in [2.05, 4.69) is 22.4 Å². The molecule has 2 aromatic rings. The van der Waals surface area contributed by atoms with Crippen molar-refractivity contribution in [2.24, 2.45) is 0 Å². The molecule has 1 N–H and O–H groups in total. The van der Waals surface area contributed by atoms with Gasteiger partial charge in [0.2, 0.25) is 0 Å². The van der Waals surface area contributed by atoms with Crippen LogP contribution in [-0.4, -0.2) is 25.3 Å². The third-order valence-electron chi connectivity index (χ3n) is 3.37. The fraction of sp³-hybridized carbons (Fsp3) is 0.267. The summed E-state index contributed by atoms with van der Waals surface area (Å²) in [6.07, 6.45) is 1.78. The lowest BCUT2D eigenvalue weighted by molar-refractivity contribution is -0.0449. The molecular formula is C15H16N2O2. The topological polar surface area (TPSA) is 43.4 Å². The molecule has 1 fully saturated rings. The molecule has 0 radical (unpaired) electrons. The molecule has 0 saturated carbocycles. The van der Waals surface area contributed by atoms with Gasteiger partial charge in [0.25, 0.3) is 0 Å². The van der Waals surface area contributed by atoms with Gasteiger partial charge in [0.05, 0.1) is 20.3 Å². The minimum absolute atomic E-state index is 0.180. The van der Waals surface area contributed by atoms with Crippen molar-refractivity contribution in [2.75, 3.05) is 25.6 Å². The number of rotatable bonds is 4. The Morgan fingerprint density at radius 3 is 2.47 bits per heavy atom. The number of benzene rings is 1. The summed E-state index contributed by atoms with van der Waals surface area (Å²) in [5.74, 6) is 1.72. The second-order valence-electron chi connectivity index (χ2n) is 4.64. The first-order valence-corrected chi connectivity index (χ1v) is 6.24. The molecule has 1 aromatic heterocycles. The molecule has 0 amide bonds. The van der Waals surface area contributed by atoms with Gasteiger partial charge in [0.15, 0.2) is 0 Å². The van der Waals surface area contributed by atoms with Crippen LogP contribution in [0.15, 0.2) is 48.7 Å². The van der Waals surface area contributed by atoms with E-state index in [-0.39, 0.29) is 5.54 Å². The minimum atomic E-state index is -0.180. The molecule has 1 aliphatic heterocycles. The first kappa shape index (κ1) is 12.0. The molecule has 4 nitrogen and oxygen atoms in total. The van der Waals surface area contributed by atoms with E-state index in [1.54, 1.807) is 13.3 Å². The standard InChI is InChI=1S/C15H16N2O2/c1-18-13-7-5-12(6-8-13)15(10-19-11-15)17-14-4-2-3-9-16-14/h2-9H,10-11H2,1H3,(H,16,17). The zero-order chi connectivity index (χ0) is 13.1. The first-order chi connectivity index (χ1) is 9.32. The van der Waals surface area contributed by atoms with E-state index in [1.165, 1.54) is 5.56 Å². The number of hydrogen-bond acceptors (Lipinski definition) is 4. The molecule has 98 valence electrons. The Kier molecular flexibility index (Phi) is 3.09. The third-order valence-corrected chi connectivity index (χ3v) is 3.37. The molecule has 0 spiro atoms. The fourth-order valence-corrected chi connectivity index (χ4v) is 2.21. The Morgan fingerprint density at radius 2 is 1.95 bits per heavy atom. The van der Waals surface area contributed by atoms with Crippen molar-refractivity contribution >= 4 is 5.82 Å². The van der Waals surface area contributed by atoms with E-state index >= 15 is 0 Å². The highest BCUT2D eigenvalue weighted by atomic mass is 16.5. The summed E-state index contributed by atoms with van der Waals surface area (Å²) < 4.78 is 10.6. The summed E-state index contributed by atoms with van der Waals surface area (Å²) in [5.41, 5.74) is 1.01. The van der Waals surface area contributed by atoms with Gasteiger partial charge in [0, 0.05) is 6.20 Å². The highest BCUT2D eigenvalue weighted by Gasteiger charge is 2.40. The summed E-state index contributed by atoms with van der Waals surface area (Å²) in [4.78, 5) is 4.31. The molecule has 3 rings (SSSR count). The molecule has 1 aliphatic rings. The van der Waals surface area contributed by atoms with Crippen LogP contribution in [0.1, 0.15) is 5.56 Å². The lowest BCUT2D eigenvalue weighted by Crippen LogP contribution is -2.53. The molecule has 1 saturated heterocycles. The maximum atomic E-state index is 5.40. The van der Waals surface area contributed by atoms with Crippen LogP contribution in [0.3, 0.4) is 0 Å². The molecular weight excluding hydrogens is 240 g/mol. The van der Waals surface area contributed by atoms with Gasteiger partial charge in [-0.1, -0.05) is 18.2 Å². The van der Waals surface area contributed by atoms with Crippen LogP contribution in [0.5, 0.6) is 5.75 Å². The quantitative estimate of drug-likeness (QED) is 0.912. The smallest absolute Gasteiger partial charge is 0.126 e. The largest absolute Gasteiger partial charge is 0.497 e. The Hall–Kier alpha value is -2.07. The van der Waals surface area contributed by atoms with Gasteiger partial charge < -0.3 is 14.8 Å². The molecule has 0 atom stereocenters. The average molecular weight is 256 g/mol. The Labute approximate surface area is 112 Å². The van der Waals surface area contributed by atoms with Gasteiger partial charge in [-0.3, -0.25) is 0 Å². The second kappa shape index (κ2) is 4.90. The molecule has 0 unspecified atom stereocenters. The third kappa shape index (κ3) is 2.27. The summed E-state index contributed by atoms with van der Waals surface area (Å²) in [6.45, 7) is 1.30. The summed E-state index contributed by atoms with van der Waals surface area (Å²) in [5, 5.41) is 3.47. The number of pyridine rings is 1. The Morgan fingerprint density at radius 1 is 1.16 bits per heavy atom. The fourth-order valence-electron chi connectivity index (χ4n) is 2.21. The van der Waals surface area contributed by atoms with Crippen LogP contribution in [0.2, 0.25) is 0 Å². The van der Waals surface area contributed by atoms with E-state index in [0.717, 1.165) is 11.6 Å². The van der Waals surface area contributed by atoms with Gasteiger partial charge >= 0.3 is 0 Å². The summed E-state index contributed by atoms with van der Waals surface area (Å²) >= 11 is 0. The molecule has 4 heteroatoms. The number of aromatic nitrogens is 1. The normalized spacial score (nSPS) is 16.5. The van der Waals surface area contributed by atoms with Crippen molar-refractivity contribution in [3.05, 3.63) is 54.2 Å². The monoisotopic (exact) mass is 256 g/mol. The van der Waals surface area contributed by atoms with Gasteiger partial charge in [0.1, 0.15) is 17.1 Å². The predicted molar refractivity (Wildman–Crippen MR) is 73.4 cm³/mol. The van der Waals surface area contributed by atoms with Crippen molar-refractivity contribution in [3.63, 3.8) is 0 Å². The molecule has 1 aromatic carbocycles. The van der Waals surface area contributed by atoms with Gasteiger partial charge in [-0.2, -0.15) is 0 Å². The van der Waals surface area contributed by atoms with Crippen LogP contribution in [0.25, 0.3) is 0 Å². The predicted octanol–water partition coefficient (Wildman–Crippen LogP) is 2.43. The van der Waals surface area contributed by atoms with Gasteiger partial charge in [-0.15, -0.1) is 0 Å². The molecule has 19 heavy (non-hydrogen) atoms. The average Bonchev–Trinajstić information content (AvgIpc) is 2.44. The number of nitrogens with zero attached hydrogens (tertiary/aromatic N) is 1. The van der Waals surface area contributed by atoms with Crippen LogP contribution in [0.4, 0.5) is 5.82 Å². The summed E-state index contributed by atoms with van der Waals surface area (Å²) in [7, 11) is 1.67. The van der Waals surface area contributed by atoms with Crippen molar-refractivity contribution in [1.29, 1.82) is 0 Å². The minimum Gasteiger partial charge on any atom is -0.497 e. The van der Waals surface area contributed by atoms with Crippen LogP contribution in [0, 0.1) is 0 Å².